The Kier molecular flexibility index (Phi) is 9.06. The molecule has 0 amide bonds. The molecule has 0 saturated carbocycles. The first kappa shape index (κ1) is 18.0. The summed E-state index contributed by atoms with van der Waals surface area (Å²) in [5.74, 6) is 0.925. The molecule has 0 radical (unpaired) electrons. The molecular formula is C17H30N2O2. The summed E-state index contributed by atoms with van der Waals surface area (Å²) >= 11 is 0. The highest BCUT2D eigenvalue weighted by Crippen LogP contribution is 2.23. The summed E-state index contributed by atoms with van der Waals surface area (Å²) in [5, 5.41) is 0. The molecule has 0 fully saturated rings. The van der Waals surface area contributed by atoms with E-state index in [0.717, 1.165) is 45.1 Å². The molecule has 1 aromatic carbocycles. The van der Waals surface area contributed by atoms with Crippen molar-refractivity contribution in [1.82, 2.24) is 4.90 Å². The average molecular weight is 294 g/mol. The van der Waals surface area contributed by atoms with E-state index in [2.05, 4.69) is 30.9 Å². The third-order valence-electron chi connectivity index (χ3n) is 3.51. The van der Waals surface area contributed by atoms with Crippen LogP contribution in [-0.4, -0.2) is 44.4 Å². The Bertz CT molecular complexity index is 385. The minimum absolute atomic E-state index is 0.209. The van der Waals surface area contributed by atoms with Crippen LogP contribution in [0.15, 0.2) is 24.3 Å². The lowest BCUT2D eigenvalue weighted by Crippen LogP contribution is -2.36. The second-order valence-corrected chi connectivity index (χ2v) is 5.00. The number of hydrogen-bond acceptors (Lipinski definition) is 4. The van der Waals surface area contributed by atoms with Crippen LogP contribution in [0, 0.1) is 0 Å². The summed E-state index contributed by atoms with van der Waals surface area (Å²) in [7, 11) is 0. The van der Waals surface area contributed by atoms with Crippen LogP contribution < -0.4 is 10.5 Å². The Labute approximate surface area is 129 Å². The SMILES string of the molecule is CCCOc1cccc(C(CN)N(CC)CCOCC)c1. The first-order valence-electron chi connectivity index (χ1n) is 8.01. The van der Waals surface area contributed by atoms with Crippen LogP contribution in [0.5, 0.6) is 5.75 Å². The number of likely N-dealkylation sites (N-methyl/N-ethyl adjacent to an activating group) is 1. The summed E-state index contributed by atoms with van der Waals surface area (Å²) < 4.78 is 11.2. The number of nitrogens with two attached hydrogens (primary N) is 1. The van der Waals surface area contributed by atoms with E-state index in [0.29, 0.717) is 6.54 Å². The van der Waals surface area contributed by atoms with Gasteiger partial charge in [-0.05, 0) is 37.6 Å². The van der Waals surface area contributed by atoms with Crippen LogP contribution in [0.25, 0.3) is 0 Å². The van der Waals surface area contributed by atoms with E-state index >= 15 is 0 Å². The molecule has 4 nitrogen and oxygen atoms in total. The number of nitrogens with zero attached hydrogens (tertiary/aromatic N) is 1. The van der Waals surface area contributed by atoms with Crippen molar-refractivity contribution in [2.75, 3.05) is 39.5 Å². The fraction of sp³-hybridized carbons (Fsp3) is 0.647. The molecule has 1 unspecified atom stereocenters. The smallest absolute Gasteiger partial charge is 0.119 e. The standard InChI is InChI=1S/C17H30N2O2/c1-4-11-21-16-9-7-8-15(13-16)17(14-18)19(5-2)10-12-20-6-3/h7-9,13,17H,4-6,10-12,14,18H2,1-3H3. The predicted molar refractivity (Wildman–Crippen MR) is 87.8 cm³/mol. The number of ether oxygens (including phenoxy) is 2. The Morgan fingerprint density at radius 1 is 1.19 bits per heavy atom. The Hall–Kier alpha value is -1.10. The second-order valence-electron chi connectivity index (χ2n) is 5.00. The zero-order valence-corrected chi connectivity index (χ0v) is 13.7. The van der Waals surface area contributed by atoms with E-state index in [9.17, 15) is 0 Å². The molecule has 1 aromatic rings. The van der Waals surface area contributed by atoms with E-state index < -0.39 is 0 Å². The van der Waals surface area contributed by atoms with Crippen LogP contribution in [0.3, 0.4) is 0 Å². The van der Waals surface area contributed by atoms with Gasteiger partial charge in [-0.25, -0.2) is 0 Å². The summed E-state index contributed by atoms with van der Waals surface area (Å²) in [4.78, 5) is 2.36. The molecule has 21 heavy (non-hydrogen) atoms. The van der Waals surface area contributed by atoms with Crippen LogP contribution >= 0.6 is 0 Å². The normalized spacial score (nSPS) is 12.6. The minimum atomic E-state index is 0.209. The van der Waals surface area contributed by atoms with Gasteiger partial charge in [0.25, 0.3) is 0 Å². The predicted octanol–water partition coefficient (Wildman–Crippen LogP) is 2.83. The van der Waals surface area contributed by atoms with E-state index in [1.54, 1.807) is 0 Å². The van der Waals surface area contributed by atoms with Gasteiger partial charge in [-0.2, -0.15) is 0 Å². The van der Waals surface area contributed by atoms with Crippen molar-refractivity contribution in [1.29, 1.82) is 0 Å². The number of hydrogen-bond donors (Lipinski definition) is 1. The summed E-state index contributed by atoms with van der Waals surface area (Å²) in [6, 6.07) is 8.49. The maximum atomic E-state index is 6.01. The van der Waals surface area contributed by atoms with Crippen molar-refractivity contribution in [2.45, 2.75) is 33.2 Å². The van der Waals surface area contributed by atoms with Crippen LogP contribution in [0.2, 0.25) is 0 Å². The van der Waals surface area contributed by atoms with Crippen molar-refractivity contribution in [2.24, 2.45) is 5.73 Å². The molecule has 120 valence electrons. The monoisotopic (exact) mass is 294 g/mol. The molecular weight excluding hydrogens is 264 g/mol. The van der Waals surface area contributed by atoms with Crippen molar-refractivity contribution in [3.8, 4) is 5.75 Å². The lowest BCUT2D eigenvalue weighted by Gasteiger charge is -2.30. The Balaban J connectivity index is 2.76. The quantitative estimate of drug-likeness (QED) is 0.638. The Morgan fingerprint density at radius 2 is 2.00 bits per heavy atom. The van der Waals surface area contributed by atoms with Gasteiger partial charge in [-0.1, -0.05) is 26.0 Å². The lowest BCUT2D eigenvalue weighted by molar-refractivity contribution is 0.0980. The molecule has 0 spiro atoms. The van der Waals surface area contributed by atoms with Gasteiger partial charge >= 0.3 is 0 Å². The van der Waals surface area contributed by atoms with E-state index in [1.165, 1.54) is 5.56 Å². The molecule has 0 bridgehead atoms. The molecule has 0 aromatic heterocycles. The van der Waals surface area contributed by atoms with E-state index in [-0.39, 0.29) is 6.04 Å². The second kappa shape index (κ2) is 10.6. The number of benzene rings is 1. The van der Waals surface area contributed by atoms with Crippen molar-refractivity contribution >= 4 is 0 Å². The molecule has 1 atom stereocenters. The maximum absolute atomic E-state index is 6.01. The molecule has 2 N–H and O–H groups in total. The fourth-order valence-corrected chi connectivity index (χ4v) is 2.39. The summed E-state index contributed by atoms with van der Waals surface area (Å²) in [6.07, 6.45) is 1.01. The Morgan fingerprint density at radius 3 is 2.62 bits per heavy atom. The molecule has 0 saturated heterocycles. The fourth-order valence-electron chi connectivity index (χ4n) is 2.39. The van der Waals surface area contributed by atoms with Gasteiger partial charge in [0.1, 0.15) is 5.75 Å². The summed E-state index contributed by atoms with van der Waals surface area (Å²) in [6.45, 7) is 11.0. The van der Waals surface area contributed by atoms with Crippen LogP contribution in [0.4, 0.5) is 0 Å². The van der Waals surface area contributed by atoms with Gasteiger partial charge in [-0.3, -0.25) is 4.90 Å². The van der Waals surface area contributed by atoms with Gasteiger partial charge in [-0.15, -0.1) is 0 Å². The molecule has 0 heterocycles. The van der Waals surface area contributed by atoms with E-state index in [4.69, 9.17) is 15.2 Å². The highest BCUT2D eigenvalue weighted by Gasteiger charge is 2.17. The first-order valence-corrected chi connectivity index (χ1v) is 8.01. The van der Waals surface area contributed by atoms with Gasteiger partial charge in [0, 0.05) is 25.7 Å². The van der Waals surface area contributed by atoms with E-state index in [1.807, 2.05) is 19.1 Å². The minimum Gasteiger partial charge on any atom is -0.494 e. The third-order valence-corrected chi connectivity index (χ3v) is 3.51. The molecule has 0 aliphatic carbocycles. The van der Waals surface area contributed by atoms with Gasteiger partial charge in [0.05, 0.1) is 13.2 Å². The molecule has 0 aliphatic heterocycles. The van der Waals surface area contributed by atoms with Crippen molar-refractivity contribution in [3.05, 3.63) is 29.8 Å². The van der Waals surface area contributed by atoms with Gasteiger partial charge in [0.15, 0.2) is 0 Å². The average Bonchev–Trinajstić information content (AvgIpc) is 2.52. The third kappa shape index (κ3) is 6.04. The highest BCUT2D eigenvalue weighted by atomic mass is 16.5. The lowest BCUT2D eigenvalue weighted by atomic mass is 10.0. The zero-order chi connectivity index (χ0) is 15.5. The van der Waals surface area contributed by atoms with Gasteiger partial charge < -0.3 is 15.2 Å². The van der Waals surface area contributed by atoms with Crippen molar-refractivity contribution in [3.63, 3.8) is 0 Å². The highest BCUT2D eigenvalue weighted by molar-refractivity contribution is 5.31. The van der Waals surface area contributed by atoms with Crippen molar-refractivity contribution < 1.29 is 9.47 Å². The number of rotatable bonds is 11. The molecule has 1 rings (SSSR count). The van der Waals surface area contributed by atoms with Crippen LogP contribution in [-0.2, 0) is 4.74 Å². The maximum Gasteiger partial charge on any atom is 0.119 e. The molecule has 0 aliphatic rings. The summed E-state index contributed by atoms with van der Waals surface area (Å²) in [5.41, 5.74) is 7.22. The molecule has 4 heteroatoms. The first-order chi connectivity index (χ1) is 10.3. The topological polar surface area (TPSA) is 47.7 Å². The van der Waals surface area contributed by atoms with Crippen LogP contribution in [0.1, 0.15) is 38.8 Å². The zero-order valence-electron chi connectivity index (χ0n) is 13.7. The van der Waals surface area contributed by atoms with Gasteiger partial charge in [0.2, 0.25) is 0 Å². The largest absolute Gasteiger partial charge is 0.494 e.